The number of benzene rings is 1. The summed E-state index contributed by atoms with van der Waals surface area (Å²) in [7, 11) is 0. The van der Waals surface area contributed by atoms with E-state index >= 15 is 0 Å². The Labute approximate surface area is 127 Å². The third-order valence-corrected chi connectivity index (χ3v) is 3.79. The van der Waals surface area contributed by atoms with Crippen LogP contribution in [0.2, 0.25) is 0 Å². The van der Waals surface area contributed by atoms with Gasteiger partial charge in [0.1, 0.15) is 17.5 Å². The molecule has 1 aromatic carbocycles. The smallest absolute Gasteiger partial charge is 0.226 e. The third-order valence-electron chi connectivity index (χ3n) is 3.79. The summed E-state index contributed by atoms with van der Waals surface area (Å²) in [4.78, 5) is 12.0. The molecule has 1 aliphatic heterocycles. The van der Waals surface area contributed by atoms with Gasteiger partial charge >= 0.3 is 0 Å². The minimum absolute atomic E-state index is 0.0726. The number of carbonyl (C=O) groups excluding carboxylic acids is 1. The zero-order valence-electron chi connectivity index (χ0n) is 12.7. The van der Waals surface area contributed by atoms with E-state index in [9.17, 15) is 13.6 Å². The van der Waals surface area contributed by atoms with Crippen LogP contribution in [-0.4, -0.2) is 15.7 Å². The summed E-state index contributed by atoms with van der Waals surface area (Å²) < 4.78 is 29.3. The molecule has 1 aromatic heterocycles. The van der Waals surface area contributed by atoms with Crippen LogP contribution in [0.3, 0.4) is 0 Å². The van der Waals surface area contributed by atoms with Gasteiger partial charge in [0, 0.05) is 17.9 Å². The van der Waals surface area contributed by atoms with Crippen molar-refractivity contribution in [2.45, 2.75) is 38.6 Å². The lowest BCUT2D eigenvalue weighted by atomic mass is 9.87. The van der Waals surface area contributed by atoms with Crippen LogP contribution < -0.4 is 5.32 Å². The first-order valence-electron chi connectivity index (χ1n) is 7.10. The monoisotopic (exact) mass is 305 g/mol. The summed E-state index contributed by atoms with van der Waals surface area (Å²) in [6.45, 7) is 5.87. The number of rotatable bonds is 1. The minimum atomic E-state index is -0.532. The van der Waals surface area contributed by atoms with Gasteiger partial charge in [0.05, 0.1) is 11.7 Å². The molecule has 0 aliphatic carbocycles. The van der Waals surface area contributed by atoms with Crippen molar-refractivity contribution >= 4 is 11.7 Å². The van der Waals surface area contributed by atoms with E-state index in [4.69, 9.17) is 0 Å². The molecule has 1 atom stereocenters. The molecule has 0 spiro atoms. The largest absolute Gasteiger partial charge is 0.311 e. The van der Waals surface area contributed by atoms with Crippen LogP contribution in [0.25, 0.3) is 0 Å². The molecule has 116 valence electrons. The van der Waals surface area contributed by atoms with Gasteiger partial charge in [-0.05, 0) is 44.5 Å². The summed E-state index contributed by atoms with van der Waals surface area (Å²) in [6.07, 6.45) is 1.69. The van der Waals surface area contributed by atoms with Crippen LogP contribution in [0.4, 0.5) is 14.6 Å². The van der Waals surface area contributed by atoms with Crippen LogP contribution in [0.15, 0.2) is 24.4 Å². The molecule has 22 heavy (non-hydrogen) atoms. The average molecular weight is 305 g/mol. The molecule has 6 heteroatoms. The van der Waals surface area contributed by atoms with Crippen molar-refractivity contribution in [2.24, 2.45) is 0 Å². The summed E-state index contributed by atoms with van der Waals surface area (Å²) in [6, 6.07) is 3.31. The molecule has 0 bridgehead atoms. The van der Waals surface area contributed by atoms with Gasteiger partial charge in [-0.2, -0.15) is 5.10 Å². The Hall–Kier alpha value is -2.24. The van der Waals surface area contributed by atoms with Gasteiger partial charge < -0.3 is 5.32 Å². The fourth-order valence-corrected chi connectivity index (χ4v) is 2.79. The molecule has 0 saturated heterocycles. The number of halogens is 2. The van der Waals surface area contributed by atoms with Crippen LogP contribution in [0.1, 0.15) is 44.2 Å². The van der Waals surface area contributed by atoms with Gasteiger partial charge in [0.2, 0.25) is 5.91 Å². The zero-order valence-corrected chi connectivity index (χ0v) is 12.7. The molecule has 0 saturated carbocycles. The van der Waals surface area contributed by atoms with Gasteiger partial charge in [-0.15, -0.1) is 0 Å². The third kappa shape index (κ3) is 2.38. The van der Waals surface area contributed by atoms with Crippen LogP contribution in [-0.2, 0) is 10.3 Å². The second-order valence-electron chi connectivity index (χ2n) is 6.50. The lowest BCUT2D eigenvalue weighted by molar-refractivity contribution is -0.116. The van der Waals surface area contributed by atoms with Crippen molar-refractivity contribution in [3.05, 3.63) is 47.2 Å². The van der Waals surface area contributed by atoms with Gasteiger partial charge in [0.15, 0.2) is 0 Å². The van der Waals surface area contributed by atoms with Gasteiger partial charge in [-0.1, -0.05) is 0 Å². The van der Waals surface area contributed by atoms with E-state index in [1.54, 1.807) is 10.9 Å². The number of carbonyl (C=O) groups is 1. The number of nitrogens with one attached hydrogen (secondary N) is 1. The number of aromatic nitrogens is 2. The Morgan fingerprint density at radius 3 is 2.68 bits per heavy atom. The lowest BCUT2D eigenvalue weighted by Gasteiger charge is -2.28. The van der Waals surface area contributed by atoms with Gasteiger partial charge in [0.25, 0.3) is 0 Å². The van der Waals surface area contributed by atoms with Gasteiger partial charge in [-0.25, -0.2) is 13.5 Å². The number of fused-ring (bicyclic) bond motifs is 1. The molecule has 0 radical (unpaired) electrons. The van der Waals surface area contributed by atoms with Crippen molar-refractivity contribution in [1.82, 2.24) is 9.78 Å². The van der Waals surface area contributed by atoms with E-state index in [-0.39, 0.29) is 23.4 Å². The summed E-state index contributed by atoms with van der Waals surface area (Å²) in [5.74, 6) is -1.25. The highest BCUT2D eigenvalue weighted by molar-refractivity contribution is 5.94. The second-order valence-corrected chi connectivity index (χ2v) is 6.50. The maximum absolute atomic E-state index is 14.1. The highest BCUT2D eigenvalue weighted by Gasteiger charge is 2.33. The highest BCUT2D eigenvalue weighted by atomic mass is 19.1. The van der Waals surface area contributed by atoms with E-state index in [1.165, 1.54) is 0 Å². The van der Waals surface area contributed by atoms with Crippen molar-refractivity contribution in [3.8, 4) is 0 Å². The number of amides is 1. The predicted molar refractivity (Wildman–Crippen MR) is 78.7 cm³/mol. The van der Waals surface area contributed by atoms with E-state index in [1.807, 2.05) is 20.8 Å². The molecule has 1 aliphatic rings. The molecule has 0 fully saturated rings. The molecular weight excluding hydrogens is 288 g/mol. The van der Waals surface area contributed by atoms with Crippen molar-refractivity contribution in [2.75, 3.05) is 5.32 Å². The van der Waals surface area contributed by atoms with Crippen LogP contribution in [0.5, 0.6) is 0 Å². The Balaban J connectivity index is 2.15. The van der Waals surface area contributed by atoms with Crippen molar-refractivity contribution in [3.63, 3.8) is 0 Å². The van der Waals surface area contributed by atoms with E-state index in [0.717, 1.165) is 18.2 Å². The van der Waals surface area contributed by atoms with Crippen LogP contribution in [0, 0.1) is 11.6 Å². The van der Waals surface area contributed by atoms with Crippen molar-refractivity contribution in [1.29, 1.82) is 0 Å². The van der Waals surface area contributed by atoms with E-state index in [0.29, 0.717) is 11.4 Å². The first-order valence-corrected chi connectivity index (χ1v) is 7.10. The van der Waals surface area contributed by atoms with Gasteiger partial charge in [-0.3, -0.25) is 4.79 Å². The lowest BCUT2D eigenvalue weighted by Crippen LogP contribution is -2.30. The number of hydrogen-bond acceptors (Lipinski definition) is 2. The van der Waals surface area contributed by atoms with Crippen molar-refractivity contribution < 1.29 is 13.6 Å². The zero-order chi connectivity index (χ0) is 16.1. The number of hydrogen-bond donors (Lipinski definition) is 1. The summed E-state index contributed by atoms with van der Waals surface area (Å²) >= 11 is 0. The molecule has 3 rings (SSSR count). The fraction of sp³-hybridized carbons (Fsp3) is 0.375. The van der Waals surface area contributed by atoms with E-state index < -0.39 is 17.6 Å². The quantitative estimate of drug-likeness (QED) is 0.878. The van der Waals surface area contributed by atoms with E-state index in [2.05, 4.69) is 10.4 Å². The first kappa shape index (κ1) is 14.7. The molecule has 2 aromatic rings. The Morgan fingerprint density at radius 2 is 2.00 bits per heavy atom. The molecular formula is C16H17F2N3O. The molecule has 1 N–H and O–H groups in total. The number of nitrogens with zero attached hydrogens (tertiary/aromatic N) is 2. The Kier molecular flexibility index (Phi) is 3.27. The molecule has 1 amide bonds. The average Bonchev–Trinajstić information content (AvgIpc) is 2.84. The topological polar surface area (TPSA) is 46.9 Å². The first-order chi connectivity index (χ1) is 10.3. The second kappa shape index (κ2) is 4.90. The number of anilines is 1. The Bertz CT molecular complexity index is 746. The maximum Gasteiger partial charge on any atom is 0.226 e. The summed E-state index contributed by atoms with van der Waals surface area (Å²) in [5, 5.41) is 7.11. The molecule has 2 heterocycles. The predicted octanol–water partition coefficient (Wildman–Crippen LogP) is 3.39. The Morgan fingerprint density at radius 1 is 1.27 bits per heavy atom. The SMILES string of the molecule is CC(C)(C)n1ncc2c1NC(=O)C[C@@H]2c1cc(F)ccc1F. The summed E-state index contributed by atoms with van der Waals surface area (Å²) in [5.41, 5.74) is 0.562. The standard InChI is InChI=1S/C16H17F2N3O/c1-16(2,3)21-15-12(8-19-21)10(7-14(22)20-15)11-6-9(17)4-5-13(11)18/h4-6,8,10H,7H2,1-3H3,(H,20,22)/t10-/m1/s1. The fourth-order valence-electron chi connectivity index (χ4n) is 2.79. The normalized spacial score (nSPS) is 18.0. The molecule has 0 unspecified atom stereocenters. The molecule has 4 nitrogen and oxygen atoms in total. The highest BCUT2D eigenvalue weighted by Crippen LogP contribution is 2.39. The minimum Gasteiger partial charge on any atom is -0.311 e. The van der Waals surface area contributed by atoms with Crippen LogP contribution >= 0.6 is 0 Å². The maximum atomic E-state index is 14.1.